The largest absolute Gasteiger partial charge is 0.336 e. The maximum Gasteiger partial charge on any atom is 0.262 e. The smallest absolute Gasteiger partial charge is 0.262 e. The first-order chi connectivity index (χ1) is 9.11. The highest BCUT2D eigenvalue weighted by Crippen LogP contribution is 2.29. The molecule has 19 heavy (non-hydrogen) atoms. The van der Waals surface area contributed by atoms with Crippen molar-refractivity contribution in [1.82, 2.24) is 19.2 Å². The molecule has 1 aromatic heterocycles. The summed E-state index contributed by atoms with van der Waals surface area (Å²) in [5.74, 6) is 1.09. The van der Waals surface area contributed by atoms with Gasteiger partial charge >= 0.3 is 0 Å². The van der Waals surface area contributed by atoms with Crippen LogP contribution in [-0.4, -0.2) is 48.5 Å². The van der Waals surface area contributed by atoms with E-state index in [1.165, 1.54) is 0 Å². The molecule has 0 aromatic carbocycles. The maximum absolute atomic E-state index is 12.5. The van der Waals surface area contributed by atoms with Gasteiger partial charge in [0.25, 0.3) is 10.0 Å². The summed E-state index contributed by atoms with van der Waals surface area (Å²) in [4.78, 5) is 4.04. The van der Waals surface area contributed by atoms with Gasteiger partial charge in [-0.3, -0.25) is 0 Å². The van der Waals surface area contributed by atoms with Gasteiger partial charge in [-0.05, 0) is 38.3 Å². The Kier molecular flexibility index (Phi) is 3.36. The number of rotatable bonds is 3. The van der Waals surface area contributed by atoms with Crippen molar-refractivity contribution < 1.29 is 8.42 Å². The van der Waals surface area contributed by atoms with E-state index in [4.69, 9.17) is 0 Å². The Bertz CT molecular complexity index is 554. The van der Waals surface area contributed by atoms with Crippen LogP contribution in [0.25, 0.3) is 0 Å². The summed E-state index contributed by atoms with van der Waals surface area (Å²) in [6.07, 6.45) is 4.15. The molecule has 2 fully saturated rings. The lowest BCUT2D eigenvalue weighted by Crippen LogP contribution is -2.43. The molecular formula is C12H20N4O2S. The van der Waals surface area contributed by atoms with E-state index in [0.29, 0.717) is 24.9 Å². The number of fused-ring (bicyclic) bond motifs is 1. The van der Waals surface area contributed by atoms with Crippen LogP contribution in [0.15, 0.2) is 17.6 Å². The van der Waals surface area contributed by atoms with Crippen LogP contribution in [0.4, 0.5) is 0 Å². The van der Waals surface area contributed by atoms with Crippen molar-refractivity contribution in [2.24, 2.45) is 11.8 Å². The molecule has 2 unspecified atom stereocenters. The first-order valence-corrected chi connectivity index (χ1v) is 8.28. The third-order valence-electron chi connectivity index (χ3n) is 4.25. The van der Waals surface area contributed by atoms with Gasteiger partial charge in [-0.15, -0.1) is 0 Å². The van der Waals surface area contributed by atoms with Crippen molar-refractivity contribution in [3.8, 4) is 0 Å². The number of aromatic nitrogens is 2. The second kappa shape index (κ2) is 4.88. The monoisotopic (exact) mass is 284 g/mol. The molecule has 6 nitrogen and oxygen atoms in total. The molecule has 2 atom stereocenters. The van der Waals surface area contributed by atoms with Gasteiger partial charge in [0.2, 0.25) is 0 Å². The molecule has 1 aromatic rings. The predicted octanol–water partition coefficient (Wildman–Crippen LogP) is 0.133. The van der Waals surface area contributed by atoms with Crippen molar-refractivity contribution in [3.63, 3.8) is 0 Å². The van der Waals surface area contributed by atoms with E-state index in [1.807, 2.05) is 6.92 Å². The molecule has 0 radical (unpaired) electrons. The molecule has 0 saturated carbocycles. The molecule has 2 aliphatic heterocycles. The van der Waals surface area contributed by atoms with Crippen LogP contribution < -0.4 is 5.32 Å². The molecule has 2 aliphatic rings. The molecule has 3 rings (SSSR count). The van der Waals surface area contributed by atoms with Crippen molar-refractivity contribution in [2.75, 3.05) is 26.2 Å². The van der Waals surface area contributed by atoms with Crippen molar-refractivity contribution in [3.05, 3.63) is 12.5 Å². The fourth-order valence-electron chi connectivity index (χ4n) is 3.00. The summed E-state index contributed by atoms with van der Waals surface area (Å²) in [6, 6.07) is 0. The van der Waals surface area contributed by atoms with Gasteiger partial charge in [0.15, 0.2) is 5.03 Å². The van der Waals surface area contributed by atoms with Crippen LogP contribution in [0.2, 0.25) is 0 Å². The molecule has 2 saturated heterocycles. The summed E-state index contributed by atoms with van der Waals surface area (Å²) >= 11 is 0. The highest BCUT2D eigenvalue weighted by molar-refractivity contribution is 7.89. The van der Waals surface area contributed by atoms with Crippen LogP contribution in [0.5, 0.6) is 0 Å². The van der Waals surface area contributed by atoms with Crippen LogP contribution in [-0.2, 0) is 16.6 Å². The van der Waals surface area contributed by atoms with Crippen LogP contribution in [0, 0.1) is 11.8 Å². The summed E-state index contributed by atoms with van der Waals surface area (Å²) < 4.78 is 28.5. The highest BCUT2D eigenvalue weighted by atomic mass is 32.2. The maximum atomic E-state index is 12.5. The molecule has 3 heterocycles. The number of aryl methyl sites for hydroxylation is 1. The third kappa shape index (κ3) is 2.30. The van der Waals surface area contributed by atoms with E-state index >= 15 is 0 Å². The fraction of sp³-hybridized carbons (Fsp3) is 0.750. The lowest BCUT2D eigenvalue weighted by atomic mass is 9.90. The van der Waals surface area contributed by atoms with Gasteiger partial charge in [0, 0.05) is 25.8 Å². The third-order valence-corrected chi connectivity index (χ3v) is 6.00. The number of piperidine rings is 1. The van der Waals surface area contributed by atoms with E-state index in [1.54, 1.807) is 21.4 Å². The van der Waals surface area contributed by atoms with Crippen molar-refractivity contribution in [1.29, 1.82) is 0 Å². The lowest BCUT2D eigenvalue weighted by molar-refractivity contribution is 0.227. The standard InChI is InChI=1S/C12H20N4O2S/c1-2-15-8-12(14-9-15)19(17,18)16-4-3-10-5-13-6-11(10)7-16/h8-11,13H,2-7H2,1H3. The van der Waals surface area contributed by atoms with Crippen molar-refractivity contribution in [2.45, 2.75) is 24.9 Å². The molecule has 1 N–H and O–H groups in total. The van der Waals surface area contributed by atoms with Gasteiger partial charge in [0.1, 0.15) is 0 Å². The minimum Gasteiger partial charge on any atom is -0.336 e. The summed E-state index contributed by atoms with van der Waals surface area (Å²) in [7, 11) is -3.42. The summed E-state index contributed by atoms with van der Waals surface area (Å²) in [5, 5.41) is 3.53. The fourth-order valence-corrected chi connectivity index (χ4v) is 4.44. The zero-order valence-corrected chi connectivity index (χ0v) is 11.9. The molecule has 0 bridgehead atoms. The van der Waals surface area contributed by atoms with E-state index in [9.17, 15) is 8.42 Å². The molecular weight excluding hydrogens is 264 g/mol. The molecule has 0 aliphatic carbocycles. The van der Waals surface area contributed by atoms with E-state index in [2.05, 4.69) is 10.3 Å². The van der Waals surface area contributed by atoms with E-state index < -0.39 is 10.0 Å². The average molecular weight is 284 g/mol. The normalized spacial score (nSPS) is 28.5. The first-order valence-electron chi connectivity index (χ1n) is 6.84. The molecule has 0 amide bonds. The zero-order chi connectivity index (χ0) is 13.5. The van der Waals surface area contributed by atoms with Crippen LogP contribution in [0.3, 0.4) is 0 Å². The van der Waals surface area contributed by atoms with Crippen LogP contribution in [0.1, 0.15) is 13.3 Å². The Balaban J connectivity index is 1.80. The number of hydrogen-bond donors (Lipinski definition) is 1. The Morgan fingerprint density at radius 2 is 2.21 bits per heavy atom. The van der Waals surface area contributed by atoms with Gasteiger partial charge in [-0.1, -0.05) is 0 Å². The highest BCUT2D eigenvalue weighted by Gasteiger charge is 2.38. The summed E-state index contributed by atoms with van der Waals surface area (Å²) in [6.45, 7) is 5.90. The van der Waals surface area contributed by atoms with Gasteiger partial charge < -0.3 is 9.88 Å². The van der Waals surface area contributed by atoms with E-state index in [-0.39, 0.29) is 5.03 Å². The first kappa shape index (κ1) is 13.1. The second-order valence-corrected chi connectivity index (χ2v) is 7.26. The average Bonchev–Trinajstić information content (AvgIpc) is 3.06. The number of hydrogen-bond acceptors (Lipinski definition) is 4. The van der Waals surface area contributed by atoms with Gasteiger partial charge in [-0.2, -0.15) is 4.31 Å². The lowest BCUT2D eigenvalue weighted by Gasteiger charge is -2.32. The number of nitrogens with zero attached hydrogens (tertiary/aromatic N) is 3. The Morgan fingerprint density at radius 1 is 1.42 bits per heavy atom. The Labute approximate surface area is 113 Å². The van der Waals surface area contributed by atoms with Crippen molar-refractivity contribution >= 4 is 10.0 Å². The molecule has 106 valence electrons. The number of nitrogens with one attached hydrogen (secondary N) is 1. The minimum atomic E-state index is -3.42. The van der Waals surface area contributed by atoms with E-state index in [0.717, 1.165) is 26.1 Å². The Morgan fingerprint density at radius 3 is 2.95 bits per heavy atom. The van der Waals surface area contributed by atoms with Gasteiger partial charge in [-0.25, -0.2) is 13.4 Å². The number of imidazole rings is 1. The Hall–Kier alpha value is -0.920. The molecule has 0 spiro atoms. The molecule has 7 heteroatoms. The quantitative estimate of drug-likeness (QED) is 0.857. The number of sulfonamides is 1. The van der Waals surface area contributed by atoms with Gasteiger partial charge in [0.05, 0.1) is 6.33 Å². The van der Waals surface area contributed by atoms with Crippen LogP contribution >= 0.6 is 0 Å². The SMILES string of the molecule is CCn1cnc(S(=O)(=O)N2CCC3CNCC3C2)c1. The predicted molar refractivity (Wildman–Crippen MR) is 71.1 cm³/mol. The second-order valence-electron chi connectivity index (χ2n) is 5.37. The zero-order valence-electron chi connectivity index (χ0n) is 11.1. The topological polar surface area (TPSA) is 67.2 Å². The summed E-state index contributed by atoms with van der Waals surface area (Å²) in [5.41, 5.74) is 0. The minimum absolute atomic E-state index is 0.179.